The number of hydrogen-bond donors (Lipinski definition) is 0. The molecule has 0 unspecified atom stereocenters. The Morgan fingerprint density at radius 1 is 0.351 bits per heavy atom. The Morgan fingerprint density at radius 3 is 1.37 bits per heavy atom. The third-order valence-electron chi connectivity index (χ3n) is 10.8. The van der Waals surface area contributed by atoms with E-state index in [0.29, 0.717) is 17.5 Å². The van der Waals surface area contributed by atoms with Crippen molar-refractivity contribution in [2.24, 2.45) is 0 Å². The molecule has 0 N–H and O–H groups in total. The summed E-state index contributed by atoms with van der Waals surface area (Å²) in [7, 11) is 0. The predicted octanol–water partition coefficient (Wildman–Crippen LogP) is 14.4. The second-order valence-corrected chi connectivity index (χ2v) is 16.9. The summed E-state index contributed by atoms with van der Waals surface area (Å²) in [5, 5.41) is 2.09. The quantitative estimate of drug-likeness (QED) is 0.170. The van der Waals surface area contributed by atoms with E-state index in [-0.39, 0.29) is 10.8 Å². The average molecular weight is 740 g/mol. The Balaban J connectivity index is 1.26. The van der Waals surface area contributed by atoms with Gasteiger partial charge >= 0.3 is 0 Å². The van der Waals surface area contributed by atoms with Gasteiger partial charge in [0.05, 0.1) is 0 Å². The lowest BCUT2D eigenvalue weighted by Crippen LogP contribution is -2.11. The maximum atomic E-state index is 6.94. The van der Waals surface area contributed by atoms with Crippen LogP contribution in [0.5, 0.6) is 0 Å². The third kappa shape index (κ3) is 6.93. The van der Waals surface area contributed by atoms with E-state index in [4.69, 9.17) is 19.4 Å². The van der Waals surface area contributed by atoms with E-state index >= 15 is 0 Å². The van der Waals surface area contributed by atoms with Gasteiger partial charge in [0.2, 0.25) is 0 Å². The molecule has 0 radical (unpaired) electrons. The van der Waals surface area contributed by atoms with Crippen molar-refractivity contribution in [3.8, 4) is 67.5 Å². The Labute approximate surface area is 335 Å². The van der Waals surface area contributed by atoms with Gasteiger partial charge in [-0.15, -0.1) is 0 Å². The van der Waals surface area contributed by atoms with E-state index < -0.39 is 0 Å². The number of nitrogens with zero attached hydrogens (tertiary/aromatic N) is 3. The van der Waals surface area contributed by atoms with Crippen LogP contribution in [0.2, 0.25) is 0 Å². The highest BCUT2D eigenvalue weighted by Crippen LogP contribution is 2.44. The van der Waals surface area contributed by atoms with Crippen LogP contribution in [-0.2, 0) is 10.8 Å². The Bertz CT molecular complexity index is 2840. The molecular formula is C53H45N3O. The maximum absolute atomic E-state index is 6.94. The van der Waals surface area contributed by atoms with Gasteiger partial charge in [-0.1, -0.05) is 175 Å². The van der Waals surface area contributed by atoms with Crippen LogP contribution in [0, 0.1) is 0 Å². The Morgan fingerprint density at radius 2 is 0.789 bits per heavy atom. The molecule has 278 valence electrons. The normalized spacial score (nSPS) is 12.0. The van der Waals surface area contributed by atoms with Crippen LogP contribution in [0.3, 0.4) is 0 Å². The first-order valence-corrected chi connectivity index (χ1v) is 19.7. The van der Waals surface area contributed by atoms with Gasteiger partial charge in [0.15, 0.2) is 17.5 Å². The summed E-state index contributed by atoms with van der Waals surface area (Å²) in [5.41, 5.74) is 13.5. The average Bonchev–Trinajstić information content (AvgIpc) is 3.63. The van der Waals surface area contributed by atoms with E-state index in [0.717, 1.165) is 66.4 Å². The van der Waals surface area contributed by atoms with E-state index in [9.17, 15) is 0 Å². The van der Waals surface area contributed by atoms with Gasteiger partial charge in [0, 0.05) is 38.6 Å². The van der Waals surface area contributed by atoms with Crippen molar-refractivity contribution in [2.45, 2.75) is 52.4 Å². The van der Waals surface area contributed by atoms with Crippen LogP contribution in [-0.4, -0.2) is 15.0 Å². The SMILES string of the molecule is CC(C)(C)c1cccc2c1oc1c(C(C)(C)C)ccc(-c3nc(-c4ccccc4)nc(-c4cccc(-c5cc(-c6ccccc6)cc(-c6ccccc6)c5)c4)n3)c12. The van der Waals surface area contributed by atoms with Crippen LogP contribution < -0.4 is 0 Å². The molecule has 0 saturated heterocycles. The summed E-state index contributed by atoms with van der Waals surface area (Å²) in [5.74, 6) is 1.84. The molecule has 9 aromatic rings. The van der Waals surface area contributed by atoms with Crippen molar-refractivity contribution in [1.29, 1.82) is 0 Å². The number of rotatable bonds is 6. The van der Waals surface area contributed by atoms with E-state index in [1.54, 1.807) is 0 Å². The number of hydrogen-bond acceptors (Lipinski definition) is 4. The predicted molar refractivity (Wildman–Crippen MR) is 237 cm³/mol. The molecule has 0 amide bonds. The van der Waals surface area contributed by atoms with Crippen LogP contribution in [0.15, 0.2) is 168 Å². The molecule has 9 rings (SSSR count). The van der Waals surface area contributed by atoms with Crippen molar-refractivity contribution in [3.63, 3.8) is 0 Å². The van der Waals surface area contributed by atoms with Gasteiger partial charge in [-0.25, -0.2) is 15.0 Å². The number of benzene rings is 7. The van der Waals surface area contributed by atoms with Crippen molar-refractivity contribution in [2.75, 3.05) is 0 Å². The highest BCUT2D eigenvalue weighted by Gasteiger charge is 2.28. The molecule has 7 aromatic carbocycles. The molecule has 0 aliphatic rings. The minimum atomic E-state index is -0.148. The molecule has 0 atom stereocenters. The molecule has 0 bridgehead atoms. The Hall–Kier alpha value is -6.65. The topological polar surface area (TPSA) is 51.8 Å². The number of aromatic nitrogens is 3. The minimum absolute atomic E-state index is 0.107. The molecule has 0 saturated carbocycles. The van der Waals surface area contributed by atoms with Crippen LogP contribution >= 0.6 is 0 Å². The highest BCUT2D eigenvalue weighted by molar-refractivity contribution is 6.13. The first-order chi connectivity index (χ1) is 27.5. The monoisotopic (exact) mass is 739 g/mol. The van der Waals surface area contributed by atoms with Crippen LogP contribution in [0.1, 0.15) is 52.7 Å². The number of para-hydroxylation sites is 1. The van der Waals surface area contributed by atoms with Gasteiger partial charge in [-0.3, -0.25) is 0 Å². The molecule has 0 fully saturated rings. The van der Waals surface area contributed by atoms with Gasteiger partial charge < -0.3 is 4.42 Å². The number of fused-ring (bicyclic) bond motifs is 3. The fourth-order valence-corrected chi connectivity index (χ4v) is 7.84. The van der Waals surface area contributed by atoms with Gasteiger partial charge in [0.25, 0.3) is 0 Å². The van der Waals surface area contributed by atoms with Crippen LogP contribution in [0.4, 0.5) is 0 Å². The summed E-state index contributed by atoms with van der Waals surface area (Å²) in [4.78, 5) is 15.7. The lowest BCUT2D eigenvalue weighted by Gasteiger charge is -2.20. The van der Waals surface area contributed by atoms with Crippen molar-refractivity contribution >= 4 is 21.9 Å². The van der Waals surface area contributed by atoms with E-state index in [1.807, 2.05) is 18.2 Å². The van der Waals surface area contributed by atoms with Crippen molar-refractivity contribution < 1.29 is 4.42 Å². The zero-order chi connectivity index (χ0) is 39.3. The minimum Gasteiger partial charge on any atom is -0.455 e. The fourth-order valence-electron chi connectivity index (χ4n) is 7.84. The molecular weight excluding hydrogens is 695 g/mol. The molecule has 0 aliphatic heterocycles. The van der Waals surface area contributed by atoms with E-state index in [1.165, 1.54) is 16.7 Å². The van der Waals surface area contributed by atoms with E-state index in [2.05, 4.69) is 187 Å². The second-order valence-electron chi connectivity index (χ2n) is 16.9. The molecule has 2 heterocycles. The lowest BCUT2D eigenvalue weighted by atomic mass is 9.84. The molecule has 4 nitrogen and oxygen atoms in total. The molecule has 0 spiro atoms. The summed E-state index contributed by atoms with van der Waals surface area (Å²) in [6.07, 6.45) is 0. The second kappa shape index (κ2) is 14.1. The molecule has 57 heavy (non-hydrogen) atoms. The standard InChI is InChI=1S/C53H45N3O/c1-52(2,3)44-27-17-26-42-46-43(28-29-45(53(4,5)6)48(46)57-47(42)44)51-55-49(36-22-14-9-15-23-36)54-50(56-51)38-25-16-24-37(30-38)41-32-39(34-18-10-7-11-19-34)31-40(33-41)35-20-12-8-13-21-35/h7-33H,1-6H3. The fraction of sp³-hybridized carbons (Fsp3) is 0.151. The first-order valence-electron chi connectivity index (χ1n) is 19.7. The van der Waals surface area contributed by atoms with Gasteiger partial charge in [0.1, 0.15) is 11.2 Å². The zero-order valence-electron chi connectivity index (χ0n) is 33.3. The summed E-state index contributed by atoms with van der Waals surface area (Å²) in [6.45, 7) is 13.4. The number of furan rings is 1. The zero-order valence-corrected chi connectivity index (χ0v) is 33.3. The van der Waals surface area contributed by atoms with Gasteiger partial charge in [-0.05, 0) is 74.5 Å². The van der Waals surface area contributed by atoms with Crippen molar-refractivity contribution in [1.82, 2.24) is 15.0 Å². The van der Waals surface area contributed by atoms with Crippen molar-refractivity contribution in [3.05, 3.63) is 175 Å². The highest BCUT2D eigenvalue weighted by atomic mass is 16.3. The Kier molecular flexibility index (Phi) is 8.93. The first kappa shape index (κ1) is 36.0. The largest absolute Gasteiger partial charge is 0.455 e. The lowest BCUT2D eigenvalue weighted by molar-refractivity contribution is 0.557. The maximum Gasteiger partial charge on any atom is 0.164 e. The summed E-state index contributed by atoms with van der Waals surface area (Å²) < 4.78 is 6.94. The van der Waals surface area contributed by atoms with Gasteiger partial charge in [-0.2, -0.15) is 0 Å². The molecule has 2 aromatic heterocycles. The molecule has 0 aliphatic carbocycles. The third-order valence-corrected chi connectivity index (χ3v) is 10.8. The smallest absolute Gasteiger partial charge is 0.164 e. The summed E-state index contributed by atoms with van der Waals surface area (Å²) in [6, 6.07) is 57.6. The van der Waals surface area contributed by atoms with Crippen LogP contribution in [0.25, 0.3) is 89.5 Å². The molecule has 4 heteroatoms. The summed E-state index contributed by atoms with van der Waals surface area (Å²) >= 11 is 0.